The zero-order valence-corrected chi connectivity index (χ0v) is 20.6. The smallest absolute Gasteiger partial charge is 0.244 e. The number of sulfonamides is 2. The Hall–Kier alpha value is -1.69. The third kappa shape index (κ3) is 5.27. The number of piperidine rings is 1. The highest BCUT2D eigenvalue weighted by molar-refractivity contribution is 7.89. The fourth-order valence-electron chi connectivity index (χ4n) is 3.44. The molecule has 2 aromatic rings. The van der Waals surface area contributed by atoms with E-state index in [0.717, 1.165) is 0 Å². The van der Waals surface area contributed by atoms with Crippen LogP contribution < -0.4 is 10.0 Å². The van der Waals surface area contributed by atoms with E-state index in [1.165, 1.54) is 41.7 Å². The second-order valence-electron chi connectivity index (χ2n) is 7.45. The molecule has 0 aromatic heterocycles. The first-order chi connectivity index (χ1) is 15.0. The predicted octanol–water partition coefficient (Wildman–Crippen LogP) is 3.25. The Labute approximate surface area is 198 Å². The lowest BCUT2D eigenvalue weighted by molar-refractivity contribution is -0.120. The third-order valence-corrected chi connectivity index (χ3v) is 9.31. The summed E-state index contributed by atoms with van der Waals surface area (Å²) in [5.74, 6) is -0.996. The highest BCUT2D eigenvalue weighted by Crippen LogP contribution is 2.31. The monoisotopic (exact) mass is 519 g/mol. The molecule has 0 bridgehead atoms. The molecule has 2 aromatic carbocycles. The number of anilines is 1. The van der Waals surface area contributed by atoms with Crippen LogP contribution >= 0.6 is 23.2 Å². The molecule has 12 heteroatoms. The molecule has 174 valence electrons. The average Bonchev–Trinajstić information content (AvgIpc) is 2.76. The van der Waals surface area contributed by atoms with Crippen molar-refractivity contribution < 1.29 is 21.6 Å². The van der Waals surface area contributed by atoms with Crippen molar-refractivity contribution in [1.82, 2.24) is 9.03 Å². The Morgan fingerprint density at radius 2 is 1.81 bits per heavy atom. The van der Waals surface area contributed by atoms with Gasteiger partial charge in [-0.2, -0.15) is 4.31 Å². The van der Waals surface area contributed by atoms with Crippen molar-refractivity contribution in [3.05, 3.63) is 52.0 Å². The summed E-state index contributed by atoms with van der Waals surface area (Å²) < 4.78 is 53.8. The van der Waals surface area contributed by atoms with Gasteiger partial charge in [0.2, 0.25) is 26.0 Å². The molecule has 32 heavy (non-hydrogen) atoms. The number of carbonyl (C=O) groups excluding carboxylic acids is 1. The van der Waals surface area contributed by atoms with Crippen LogP contribution in [0, 0.1) is 12.8 Å². The van der Waals surface area contributed by atoms with Gasteiger partial charge in [0.1, 0.15) is 4.90 Å². The van der Waals surface area contributed by atoms with Gasteiger partial charge in [0.05, 0.1) is 15.8 Å². The van der Waals surface area contributed by atoms with Crippen LogP contribution in [0.2, 0.25) is 10.0 Å². The molecule has 0 saturated carbocycles. The minimum atomic E-state index is -3.94. The molecule has 3 rings (SSSR count). The maximum Gasteiger partial charge on any atom is 0.244 e. The first-order valence-electron chi connectivity index (χ1n) is 9.76. The van der Waals surface area contributed by atoms with Gasteiger partial charge in [-0.3, -0.25) is 4.79 Å². The summed E-state index contributed by atoms with van der Waals surface area (Å²) in [5.41, 5.74) is 1.03. The standard InChI is InChI=1S/C20H23Cl2N3O5S2/c1-13-5-7-16(31(27,28)23-2)11-18(13)24-20(26)14-4-3-9-25(12-14)32(29,30)19-10-15(21)6-8-17(19)22/h5-8,10-11,14,23H,3-4,9,12H2,1-2H3,(H,24,26)/t14-/m0/s1. The van der Waals surface area contributed by atoms with Crippen molar-refractivity contribution in [2.75, 3.05) is 25.5 Å². The van der Waals surface area contributed by atoms with Gasteiger partial charge in [0.15, 0.2) is 0 Å². The van der Waals surface area contributed by atoms with E-state index in [1.54, 1.807) is 13.0 Å². The van der Waals surface area contributed by atoms with E-state index in [2.05, 4.69) is 10.0 Å². The number of carbonyl (C=O) groups is 1. The topological polar surface area (TPSA) is 113 Å². The van der Waals surface area contributed by atoms with Crippen molar-refractivity contribution in [2.24, 2.45) is 5.92 Å². The second-order valence-corrected chi connectivity index (χ2v) is 12.1. The molecular weight excluding hydrogens is 497 g/mol. The molecule has 1 aliphatic rings. The normalized spacial score (nSPS) is 17.8. The van der Waals surface area contributed by atoms with Crippen molar-refractivity contribution >= 4 is 54.8 Å². The van der Waals surface area contributed by atoms with Gasteiger partial charge in [0, 0.05) is 23.8 Å². The Kier molecular flexibility index (Phi) is 7.53. The third-order valence-electron chi connectivity index (χ3n) is 5.31. The quantitative estimate of drug-likeness (QED) is 0.608. The van der Waals surface area contributed by atoms with Gasteiger partial charge in [-0.25, -0.2) is 21.6 Å². The highest BCUT2D eigenvalue weighted by atomic mass is 35.5. The minimum absolute atomic E-state index is 0.0179. The molecule has 2 N–H and O–H groups in total. The molecule has 1 fully saturated rings. The summed E-state index contributed by atoms with van der Waals surface area (Å²) in [6.07, 6.45) is 0.983. The number of aryl methyl sites for hydroxylation is 1. The predicted molar refractivity (Wildman–Crippen MR) is 124 cm³/mol. The van der Waals surface area contributed by atoms with E-state index < -0.39 is 26.0 Å². The van der Waals surface area contributed by atoms with E-state index in [1.807, 2.05) is 0 Å². The lowest BCUT2D eigenvalue weighted by Crippen LogP contribution is -2.43. The Morgan fingerprint density at radius 3 is 2.50 bits per heavy atom. The van der Waals surface area contributed by atoms with Gasteiger partial charge < -0.3 is 5.32 Å². The fraction of sp³-hybridized carbons (Fsp3) is 0.350. The van der Waals surface area contributed by atoms with E-state index >= 15 is 0 Å². The molecule has 0 unspecified atom stereocenters. The van der Waals surface area contributed by atoms with Crippen LogP contribution in [0.25, 0.3) is 0 Å². The maximum atomic E-state index is 13.1. The van der Waals surface area contributed by atoms with Crippen LogP contribution in [0.15, 0.2) is 46.2 Å². The molecule has 0 radical (unpaired) electrons. The molecule has 1 atom stereocenters. The maximum absolute atomic E-state index is 13.1. The first kappa shape index (κ1) is 24.9. The van der Waals surface area contributed by atoms with Crippen molar-refractivity contribution in [3.8, 4) is 0 Å². The van der Waals surface area contributed by atoms with Crippen molar-refractivity contribution in [1.29, 1.82) is 0 Å². The van der Waals surface area contributed by atoms with E-state index in [9.17, 15) is 21.6 Å². The largest absolute Gasteiger partial charge is 0.326 e. The fourth-order valence-corrected chi connectivity index (χ4v) is 6.46. The van der Waals surface area contributed by atoms with Gasteiger partial charge in [-0.05, 0) is 62.7 Å². The minimum Gasteiger partial charge on any atom is -0.326 e. The number of hydrogen-bond acceptors (Lipinski definition) is 5. The number of halogens is 2. The number of nitrogens with zero attached hydrogens (tertiary/aromatic N) is 1. The number of amides is 1. The Morgan fingerprint density at radius 1 is 1.09 bits per heavy atom. The van der Waals surface area contributed by atoms with Crippen LogP contribution in [-0.2, 0) is 24.8 Å². The van der Waals surface area contributed by atoms with Gasteiger partial charge >= 0.3 is 0 Å². The summed E-state index contributed by atoms with van der Waals surface area (Å²) >= 11 is 12.0. The van der Waals surface area contributed by atoms with Crippen LogP contribution in [0.3, 0.4) is 0 Å². The van der Waals surface area contributed by atoms with E-state index in [4.69, 9.17) is 23.2 Å². The zero-order valence-electron chi connectivity index (χ0n) is 17.4. The number of rotatable bonds is 6. The summed E-state index contributed by atoms with van der Waals surface area (Å²) in [6.45, 7) is 1.97. The average molecular weight is 520 g/mol. The Bertz CT molecular complexity index is 1250. The number of hydrogen-bond donors (Lipinski definition) is 2. The van der Waals surface area contributed by atoms with Crippen LogP contribution in [-0.4, -0.2) is 47.2 Å². The first-order valence-corrected chi connectivity index (χ1v) is 13.4. The lowest BCUT2D eigenvalue weighted by Gasteiger charge is -2.31. The van der Waals surface area contributed by atoms with Gasteiger partial charge in [-0.15, -0.1) is 0 Å². The number of nitrogens with one attached hydrogen (secondary N) is 2. The van der Waals surface area contributed by atoms with Crippen LogP contribution in [0.5, 0.6) is 0 Å². The summed E-state index contributed by atoms with van der Waals surface area (Å²) in [5, 5.41) is 3.05. The highest BCUT2D eigenvalue weighted by Gasteiger charge is 2.34. The molecule has 1 saturated heterocycles. The van der Waals surface area contributed by atoms with E-state index in [-0.39, 0.29) is 38.8 Å². The summed E-state index contributed by atoms with van der Waals surface area (Å²) in [4.78, 5) is 12.9. The molecule has 0 spiro atoms. The molecule has 1 aliphatic heterocycles. The second kappa shape index (κ2) is 9.66. The molecular formula is C20H23Cl2N3O5S2. The van der Waals surface area contributed by atoms with Crippen LogP contribution in [0.1, 0.15) is 18.4 Å². The molecule has 0 aliphatic carbocycles. The number of benzene rings is 2. The van der Waals surface area contributed by atoms with Gasteiger partial charge in [-0.1, -0.05) is 29.3 Å². The molecule has 1 amide bonds. The van der Waals surface area contributed by atoms with E-state index in [0.29, 0.717) is 24.1 Å². The lowest BCUT2D eigenvalue weighted by atomic mass is 9.98. The van der Waals surface area contributed by atoms with Crippen LogP contribution in [0.4, 0.5) is 5.69 Å². The van der Waals surface area contributed by atoms with Crippen molar-refractivity contribution in [3.63, 3.8) is 0 Å². The SMILES string of the molecule is CNS(=O)(=O)c1ccc(C)c(NC(=O)[C@H]2CCCN(S(=O)(=O)c3cc(Cl)ccc3Cl)C2)c1. The zero-order chi connectivity index (χ0) is 23.7. The molecule has 8 nitrogen and oxygen atoms in total. The summed E-state index contributed by atoms with van der Waals surface area (Å²) in [7, 11) is -6.32. The van der Waals surface area contributed by atoms with Crippen molar-refractivity contribution in [2.45, 2.75) is 29.6 Å². The summed E-state index contributed by atoms with van der Waals surface area (Å²) in [6, 6.07) is 8.63. The Balaban J connectivity index is 1.81. The van der Waals surface area contributed by atoms with Gasteiger partial charge in [0.25, 0.3) is 0 Å². The molecule has 1 heterocycles.